The zero-order valence-electron chi connectivity index (χ0n) is 19.8. The quantitative estimate of drug-likeness (QED) is 0.681. The van der Waals surface area contributed by atoms with E-state index in [1.807, 2.05) is 20.8 Å². The van der Waals surface area contributed by atoms with Crippen LogP contribution in [0.1, 0.15) is 66.0 Å². The number of hydrogen-bond acceptors (Lipinski definition) is 6. The number of carbonyl (C=O) groups is 1. The van der Waals surface area contributed by atoms with Crippen LogP contribution in [0.25, 0.3) is 0 Å². The molecule has 31 heavy (non-hydrogen) atoms. The number of rotatable bonds is 4. The summed E-state index contributed by atoms with van der Waals surface area (Å²) in [6, 6.07) is 5.13. The van der Waals surface area contributed by atoms with E-state index < -0.39 is 5.60 Å². The number of hydrogen-bond donors (Lipinski definition) is 2. The van der Waals surface area contributed by atoms with Crippen LogP contribution in [0.3, 0.4) is 0 Å². The van der Waals surface area contributed by atoms with E-state index in [4.69, 9.17) is 9.72 Å². The topological polar surface area (TPSA) is 66.5 Å². The number of aromatic nitrogens is 1. The highest BCUT2D eigenvalue weighted by atomic mass is 32.2. The lowest BCUT2D eigenvalue weighted by Crippen LogP contribution is -2.59. The van der Waals surface area contributed by atoms with Gasteiger partial charge in [-0.25, -0.2) is 9.78 Å². The summed E-state index contributed by atoms with van der Waals surface area (Å²) >= 11 is 2.07. The van der Waals surface area contributed by atoms with Crippen LogP contribution in [-0.4, -0.2) is 52.4 Å². The van der Waals surface area contributed by atoms with Crippen LogP contribution in [-0.2, 0) is 4.74 Å². The molecule has 6 nitrogen and oxygen atoms in total. The summed E-state index contributed by atoms with van der Waals surface area (Å²) in [6.45, 7) is 14.5. The van der Waals surface area contributed by atoms with Gasteiger partial charge in [0.05, 0.1) is 11.4 Å². The van der Waals surface area contributed by atoms with Crippen molar-refractivity contribution in [1.29, 1.82) is 0 Å². The highest BCUT2D eigenvalue weighted by Crippen LogP contribution is 2.56. The normalized spacial score (nSPS) is 32.8. The van der Waals surface area contributed by atoms with E-state index in [2.05, 4.69) is 60.2 Å². The minimum atomic E-state index is -0.443. The van der Waals surface area contributed by atoms with Crippen LogP contribution in [0.4, 0.5) is 16.3 Å². The fraction of sp³-hybridized carbons (Fsp3) is 0.750. The number of nitrogens with zero attached hydrogens (tertiary/aromatic N) is 2. The molecule has 2 unspecified atom stereocenters. The number of thioether (sulfide) groups is 1. The SMILES string of the molecule is Cc1nc(N2CC(C)SC(C)C2)ccc1NC1CC2(CC(NC(=O)OC(C)(C)C)C2)C1. The molecule has 172 valence electrons. The second kappa shape index (κ2) is 8.38. The van der Waals surface area contributed by atoms with E-state index in [-0.39, 0.29) is 12.1 Å². The van der Waals surface area contributed by atoms with E-state index in [0.29, 0.717) is 22.0 Å². The third kappa shape index (κ3) is 5.41. The summed E-state index contributed by atoms with van der Waals surface area (Å²) in [5.41, 5.74) is 2.19. The molecule has 3 fully saturated rings. The van der Waals surface area contributed by atoms with Gasteiger partial charge in [0.2, 0.25) is 0 Å². The van der Waals surface area contributed by atoms with Crippen molar-refractivity contribution in [2.75, 3.05) is 23.3 Å². The van der Waals surface area contributed by atoms with Crippen molar-refractivity contribution in [1.82, 2.24) is 10.3 Å². The molecule has 4 rings (SSSR count). The van der Waals surface area contributed by atoms with Crippen molar-refractivity contribution < 1.29 is 9.53 Å². The molecule has 0 bridgehead atoms. The summed E-state index contributed by atoms with van der Waals surface area (Å²) in [4.78, 5) is 19.3. The molecule has 2 saturated carbocycles. The monoisotopic (exact) mass is 446 g/mol. The molecule has 1 aromatic rings. The minimum Gasteiger partial charge on any atom is -0.444 e. The van der Waals surface area contributed by atoms with Gasteiger partial charge in [-0.3, -0.25) is 0 Å². The summed E-state index contributed by atoms with van der Waals surface area (Å²) < 4.78 is 5.37. The molecule has 2 heterocycles. The van der Waals surface area contributed by atoms with Crippen LogP contribution in [0.2, 0.25) is 0 Å². The number of amides is 1. The fourth-order valence-electron chi connectivity index (χ4n) is 5.44. The third-order valence-electron chi connectivity index (χ3n) is 6.61. The first-order valence-electron chi connectivity index (χ1n) is 11.6. The molecule has 0 radical (unpaired) electrons. The highest BCUT2D eigenvalue weighted by Gasteiger charge is 2.53. The lowest BCUT2D eigenvalue weighted by atomic mass is 9.52. The molecule has 0 aromatic carbocycles. The standard InChI is InChI=1S/C24H38N4O2S/c1-15-13-28(14-16(2)31-15)21-8-7-20(17(3)25-21)26-18-9-24(10-18)11-19(12-24)27-22(29)30-23(4,5)6/h7-8,15-16,18-19,26H,9-14H2,1-6H3,(H,27,29). The maximum absolute atomic E-state index is 11.9. The largest absolute Gasteiger partial charge is 0.444 e. The number of ether oxygens (including phenoxy) is 1. The van der Waals surface area contributed by atoms with Crippen molar-refractivity contribution in [3.8, 4) is 0 Å². The van der Waals surface area contributed by atoms with Crippen molar-refractivity contribution >= 4 is 29.4 Å². The molecule has 7 heteroatoms. The molecule has 2 N–H and O–H groups in total. The minimum absolute atomic E-state index is 0.256. The Bertz CT molecular complexity index is 800. The summed E-state index contributed by atoms with van der Waals surface area (Å²) in [5.74, 6) is 1.10. The Labute approximate surface area is 191 Å². The lowest BCUT2D eigenvalue weighted by Gasteiger charge is -2.58. The Hall–Kier alpha value is -1.63. The number of nitrogens with one attached hydrogen (secondary N) is 2. The van der Waals surface area contributed by atoms with Gasteiger partial charge in [-0.15, -0.1) is 0 Å². The van der Waals surface area contributed by atoms with E-state index in [1.165, 1.54) is 12.8 Å². The Balaban J connectivity index is 1.24. The van der Waals surface area contributed by atoms with Gasteiger partial charge in [0, 0.05) is 35.7 Å². The molecule has 2 atom stereocenters. The first-order chi connectivity index (χ1) is 14.5. The number of alkyl carbamates (subject to hydrolysis) is 1. The van der Waals surface area contributed by atoms with Gasteiger partial charge < -0.3 is 20.3 Å². The summed E-state index contributed by atoms with van der Waals surface area (Å²) in [6.07, 6.45) is 4.16. The molecule has 1 aromatic heterocycles. The van der Waals surface area contributed by atoms with Gasteiger partial charge in [-0.1, -0.05) is 13.8 Å². The Morgan fingerprint density at radius 2 is 1.74 bits per heavy atom. The predicted octanol–water partition coefficient (Wildman–Crippen LogP) is 4.97. The zero-order valence-corrected chi connectivity index (χ0v) is 20.6. The van der Waals surface area contributed by atoms with E-state index in [0.717, 1.165) is 43.1 Å². The van der Waals surface area contributed by atoms with Crippen molar-refractivity contribution in [3.05, 3.63) is 17.8 Å². The number of pyridine rings is 1. The Morgan fingerprint density at radius 3 is 2.32 bits per heavy atom. The first-order valence-corrected chi connectivity index (χ1v) is 12.6. The van der Waals surface area contributed by atoms with Crippen molar-refractivity contribution in [3.63, 3.8) is 0 Å². The molecule has 1 saturated heterocycles. The van der Waals surface area contributed by atoms with Gasteiger partial charge in [0.1, 0.15) is 11.4 Å². The number of carbonyl (C=O) groups excluding carboxylic acids is 1. The fourth-order valence-corrected chi connectivity index (χ4v) is 6.77. The molecular formula is C24H38N4O2S. The van der Waals surface area contributed by atoms with E-state index in [9.17, 15) is 4.79 Å². The second-order valence-corrected chi connectivity index (χ2v) is 12.8. The Kier molecular flexibility index (Phi) is 6.10. The maximum atomic E-state index is 11.9. The molecule has 1 amide bonds. The zero-order chi connectivity index (χ0) is 22.4. The Morgan fingerprint density at radius 1 is 1.13 bits per heavy atom. The van der Waals surface area contributed by atoms with Gasteiger partial charge in [0.25, 0.3) is 0 Å². The molecule has 1 aliphatic heterocycles. The third-order valence-corrected chi connectivity index (χ3v) is 7.84. The highest BCUT2D eigenvalue weighted by molar-refractivity contribution is 8.00. The average molecular weight is 447 g/mol. The van der Waals surface area contributed by atoms with Crippen molar-refractivity contribution in [2.24, 2.45) is 5.41 Å². The van der Waals surface area contributed by atoms with Gasteiger partial charge in [0.15, 0.2) is 0 Å². The maximum Gasteiger partial charge on any atom is 0.407 e. The molecular weight excluding hydrogens is 408 g/mol. The average Bonchev–Trinajstić information content (AvgIpc) is 2.56. The summed E-state index contributed by atoms with van der Waals surface area (Å²) in [5, 5.41) is 8.01. The van der Waals surface area contributed by atoms with E-state index in [1.54, 1.807) is 0 Å². The van der Waals surface area contributed by atoms with Crippen LogP contribution in [0, 0.1) is 12.3 Å². The second-order valence-electron chi connectivity index (χ2n) is 11.0. The van der Waals surface area contributed by atoms with Crippen LogP contribution >= 0.6 is 11.8 Å². The summed E-state index contributed by atoms with van der Waals surface area (Å²) in [7, 11) is 0. The molecule has 1 spiro atoms. The van der Waals surface area contributed by atoms with Gasteiger partial charge >= 0.3 is 6.09 Å². The molecule has 2 aliphatic carbocycles. The molecule has 3 aliphatic rings. The number of aryl methyl sites for hydroxylation is 1. The van der Waals surface area contributed by atoms with E-state index >= 15 is 0 Å². The van der Waals surface area contributed by atoms with Crippen LogP contribution < -0.4 is 15.5 Å². The lowest BCUT2D eigenvalue weighted by molar-refractivity contribution is -0.0178. The van der Waals surface area contributed by atoms with Gasteiger partial charge in [-0.05, 0) is 70.9 Å². The first kappa shape index (κ1) is 22.6. The van der Waals surface area contributed by atoms with Crippen LogP contribution in [0.5, 0.6) is 0 Å². The van der Waals surface area contributed by atoms with Gasteiger partial charge in [-0.2, -0.15) is 11.8 Å². The van der Waals surface area contributed by atoms with Crippen LogP contribution in [0.15, 0.2) is 12.1 Å². The predicted molar refractivity (Wildman–Crippen MR) is 129 cm³/mol. The smallest absolute Gasteiger partial charge is 0.407 e. The number of anilines is 2. The van der Waals surface area contributed by atoms with Crippen molar-refractivity contribution in [2.45, 2.75) is 95.4 Å².